The number of carbonyl (C=O) groups is 10. The van der Waals surface area contributed by atoms with Gasteiger partial charge >= 0.3 is 5.97 Å². The highest BCUT2D eigenvalue weighted by atomic mass is 35.5. The van der Waals surface area contributed by atoms with Gasteiger partial charge in [-0.3, -0.25) is 47.9 Å². The number of thioether (sulfide) groups is 2. The zero-order valence-corrected chi connectivity index (χ0v) is 58.1. The van der Waals surface area contributed by atoms with Gasteiger partial charge in [-0.15, -0.1) is 0 Å². The van der Waals surface area contributed by atoms with E-state index in [4.69, 9.17) is 17.3 Å². The van der Waals surface area contributed by atoms with Crippen LogP contribution >= 0.6 is 35.1 Å². The van der Waals surface area contributed by atoms with Gasteiger partial charge in [-0.25, -0.2) is 13.8 Å². The monoisotopic (exact) mass is 1450 g/mol. The number of benzene rings is 4. The summed E-state index contributed by atoms with van der Waals surface area (Å²) in [5.74, 6) is -8.59. The first kappa shape index (κ1) is 75.7. The van der Waals surface area contributed by atoms with Crippen molar-refractivity contribution in [2.45, 2.75) is 150 Å². The van der Waals surface area contributed by atoms with E-state index >= 15 is 19.2 Å². The molecule has 9 rings (SSSR count). The number of nitrogens with one attached hydrogen (secondary N) is 11. The summed E-state index contributed by atoms with van der Waals surface area (Å²) in [5, 5.41) is 42.9. The van der Waals surface area contributed by atoms with Crippen molar-refractivity contribution >= 4 is 116 Å². The molecule has 0 spiro atoms. The van der Waals surface area contributed by atoms with E-state index in [2.05, 4.69) is 68.5 Å². The van der Waals surface area contributed by atoms with Crippen LogP contribution in [0.25, 0.3) is 21.8 Å². The van der Waals surface area contributed by atoms with Crippen LogP contribution in [0.1, 0.15) is 98.7 Å². The lowest BCUT2D eigenvalue weighted by atomic mass is 9.95. The highest BCUT2D eigenvalue weighted by Crippen LogP contribution is 2.32. The number of carboxylic acids is 1. The molecule has 0 radical (unpaired) electrons. The van der Waals surface area contributed by atoms with Gasteiger partial charge in [-0.2, -0.15) is 23.5 Å². The number of halogens is 3. The number of amides is 9. The standard InChI is InChI=1S/C70H83ClF2N14O12S2/c1-39-62(92)83-55(28-43-33-77-51-14-11-45(72)30-48(43)51)65(95)84-56(29-44-34-78-52-15-12-46(73)31-49(44)52)66(96)85-57(32-61(90)91)67(97)82-54(16-13-47-35-75-38-79-47)64(94)86-58(27-40-10-17-59(88)50(71)26-40)68(98)87-22-6-19-70(87,2)69(99)76-21-24-101-37-42-8-5-7-41(25-42)36-100-23-18-60(89)81-53(63(93)80-39)9-3-4-20-74/h5,7-8,10-12,14-15,17,25-26,30-31,33-35,38-39,53-58,77-78,88H,3-4,6,9,13,16,18-24,27-29,32,36-37,74H2,1-2H3,(H,75,79)(H,76,99)(H,80,93)(H,81,89)(H,82,97)(H,83,92)(H,84,95)(H,85,96)(H,86,94)(H,90,91)/t39-,53+,54+,55+,56+,57+,58+,70+/m1/s1. The first-order chi connectivity index (χ1) is 48.4. The van der Waals surface area contributed by atoms with E-state index in [1.54, 1.807) is 18.7 Å². The topological polar surface area (TPSA) is 397 Å². The SMILES string of the molecule is C[C@H]1NC(=O)[C@H](CCCCN)NC(=O)CCSCc2cccc(c2)CSCCNC(=O)[C@]2(C)CCCN2C(=O)[C@H](Cc2ccc(O)c(Cl)c2)NC(=O)[C@H](CCc2cnc[nH]2)NC(=O)[C@H](CC(=O)O)NC(=O)[C@H](Cc2c[nH]c3ccc(F)cc23)NC(=O)[C@H](Cc2c[nH]c3ccc(F)cc23)NC1=O. The highest BCUT2D eigenvalue weighted by molar-refractivity contribution is 7.98. The summed E-state index contributed by atoms with van der Waals surface area (Å²) in [4.78, 5) is 159. The number of imidazole rings is 1. The number of aliphatic carboxylic acids is 1. The number of aromatic nitrogens is 4. The van der Waals surface area contributed by atoms with Crippen molar-refractivity contribution in [3.8, 4) is 5.75 Å². The number of hydrogen-bond acceptors (Lipinski definition) is 15. The molecule has 9 amide bonds. The van der Waals surface area contributed by atoms with Gasteiger partial charge in [-0.05, 0) is 142 Å². The summed E-state index contributed by atoms with van der Waals surface area (Å²) in [6.07, 6.45) is 5.29. The van der Waals surface area contributed by atoms with Crippen LogP contribution in [0.4, 0.5) is 8.78 Å². The Labute approximate surface area is 594 Å². The molecule has 3 aromatic heterocycles. The maximum Gasteiger partial charge on any atom is 0.305 e. The van der Waals surface area contributed by atoms with E-state index in [1.165, 1.54) is 103 Å². The number of rotatable bonds is 15. The Morgan fingerprint density at radius 2 is 1.26 bits per heavy atom. The lowest BCUT2D eigenvalue weighted by Crippen LogP contribution is -2.62. The number of aryl methyl sites for hydroxylation is 1. The average Bonchev–Trinajstić information content (AvgIpc) is 1.69. The van der Waals surface area contributed by atoms with Crippen LogP contribution in [-0.4, -0.2) is 173 Å². The van der Waals surface area contributed by atoms with Gasteiger partial charge < -0.3 is 78.3 Å². The van der Waals surface area contributed by atoms with Crippen LogP contribution < -0.4 is 48.3 Å². The smallest absolute Gasteiger partial charge is 0.305 e. The fraction of sp³-hybridized carbons (Fsp3) is 0.414. The summed E-state index contributed by atoms with van der Waals surface area (Å²) < 4.78 is 29.9. The molecule has 2 bridgehead atoms. The molecule has 8 atom stereocenters. The highest BCUT2D eigenvalue weighted by Gasteiger charge is 2.48. The number of unbranched alkanes of at least 4 members (excludes halogenated alkanes) is 1. The number of fused-ring (bicyclic) bond motifs is 5. The molecule has 1 saturated heterocycles. The van der Waals surface area contributed by atoms with Crippen molar-refractivity contribution in [1.29, 1.82) is 0 Å². The summed E-state index contributed by atoms with van der Waals surface area (Å²) in [5.41, 5.74) is 8.78. The lowest BCUT2D eigenvalue weighted by Gasteiger charge is -2.36. The maximum absolute atomic E-state index is 15.2. The van der Waals surface area contributed by atoms with Crippen LogP contribution in [0.3, 0.4) is 0 Å². The first-order valence-corrected chi connectivity index (χ1v) is 36.0. The van der Waals surface area contributed by atoms with Gasteiger partial charge in [0.2, 0.25) is 53.2 Å². The van der Waals surface area contributed by atoms with E-state index in [-0.39, 0.29) is 79.8 Å². The fourth-order valence-electron chi connectivity index (χ4n) is 12.3. The van der Waals surface area contributed by atoms with Crippen molar-refractivity contribution in [2.75, 3.05) is 31.1 Å². The van der Waals surface area contributed by atoms with Crippen molar-refractivity contribution in [3.05, 3.63) is 154 Å². The minimum Gasteiger partial charge on any atom is -0.506 e. The molecule has 101 heavy (non-hydrogen) atoms. The maximum atomic E-state index is 15.2. The molecule has 15 N–H and O–H groups in total. The molecule has 7 aromatic rings. The largest absolute Gasteiger partial charge is 0.506 e. The zero-order valence-electron chi connectivity index (χ0n) is 55.7. The fourth-order valence-corrected chi connectivity index (χ4v) is 14.2. The number of H-pyrrole nitrogens is 3. The lowest BCUT2D eigenvalue weighted by molar-refractivity contribution is -0.146. The third-order valence-corrected chi connectivity index (χ3v) is 20.2. The number of nitrogens with zero attached hydrogens (tertiary/aromatic N) is 2. The van der Waals surface area contributed by atoms with Gasteiger partial charge in [0, 0.05) is 108 Å². The molecule has 0 unspecified atom stereocenters. The third kappa shape index (κ3) is 20.8. The molecule has 538 valence electrons. The summed E-state index contributed by atoms with van der Waals surface area (Å²) in [6, 6.07) is 8.86. The van der Waals surface area contributed by atoms with Gasteiger partial charge in [0.15, 0.2) is 0 Å². The van der Waals surface area contributed by atoms with E-state index in [0.717, 1.165) is 11.1 Å². The number of aromatic hydroxyl groups is 1. The molecule has 2 aliphatic rings. The second kappa shape index (κ2) is 35.7. The molecule has 0 saturated carbocycles. The molecular formula is C70H83ClF2N14O12S2. The minimum atomic E-state index is -2.02. The molecular weight excluding hydrogens is 1370 g/mol. The number of hydrogen-bond donors (Lipinski definition) is 14. The van der Waals surface area contributed by atoms with Crippen molar-refractivity contribution in [3.63, 3.8) is 0 Å². The quantitative estimate of drug-likeness (QED) is 0.0616. The van der Waals surface area contributed by atoms with Crippen LogP contribution in [0.2, 0.25) is 5.02 Å². The predicted octanol–water partition coefficient (Wildman–Crippen LogP) is 4.76. The number of aromatic amines is 3. The Balaban J connectivity index is 1.06. The Hall–Kier alpha value is -9.52. The normalized spacial score (nSPS) is 22.8. The van der Waals surface area contributed by atoms with E-state index < -0.39 is 131 Å². The summed E-state index contributed by atoms with van der Waals surface area (Å²) in [7, 11) is 0. The van der Waals surface area contributed by atoms with Crippen LogP contribution in [-0.2, 0) is 85.1 Å². The average molecular weight is 1450 g/mol. The molecule has 31 heteroatoms. The van der Waals surface area contributed by atoms with Crippen LogP contribution in [0.15, 0.2) is 104 Å². The van der Waals surface area contributed by atoms with E-state index in [0.29, 0.717) is 82.1 Å². The number of carboxylic acid groups (broad SMARTS) is 1. The minimum absolute atomic E-state index is 0.0400. The van der Waals surface area contributed by atoms with Crippen molar-refractivity contribution < 1.29 is 66.9 Å². The molecule has 5 heterocycles. The van der Waals surface area contributed by atoms with Crippen LogP contribution in [0, 0.1) is 11.6 Å². The van der Waals surface area contributed by atoms with Crippen LogP contribution in [0.5, 0.6) is 5.75 Å². The van der Waals surface area contributed by atoms with E-state index in [1.807, 2.05) is 18.2 Å². The molecule has 2 aliphatic heterocycles. The number of phenols is 1. The van der Waals surface area contributed by atoms with Crippen molar-refractivity contribution in [1.82, 2.24) is 67.4 Å². The van der Waals surface area contributed by atoms with Gasteiger partial charge in [0.1, 0.15) is 65.2 Å². The van der Waals surface area contributed by atoms with Crippen molar-refractivity contribution in [2.24, 2.45) is 5.73 Å². The number of carbonyl (C=O) groups excluding carboxylic acids is 9. The summed E-state index contributed by atoms with van der Waals surface area (Å²) >= 11 is 9.47. The Kier molecular flexibility index (Phi) is 26.7. The number of nitrogens with two attached hydrogens (primary N) is 1. The molecule has 26 nitrogen and oxygen atoms in total. The predicted molar refractivity (Wildman–Crippen MR) is 378 cm³/mol. The molecule has 4 aromatic carbocycles. The second-order valence-corrected chi connectivity index (χ2v) is 28.0. The Morgan fingerprint density at radius 3 is 1.88 bits per heavy atom. The van der Waals surface area contributed by atoms with E-state index in [9.17, 15) is 47.8 Å². The molecule has 1 fully saturated rings. The third-order valence-electron chi connectivity index (χ3n) is 17.8. The number of phenolic OH excluding ortho intramolecular Hbond substituents is 1. The van der Waals surface area contributed by atoms with Gasteiger partial charge in [-0.1, -0.05) is 41.9 Å². The summed E-state index contributed by atoms with van der Waals surface area (Å²) in [6.45, 7) is 3.66. The zero-order chi connectivity index (χ0) is 72.3. The second-order valence-electron chi connectivity index (χ2n) is 25.4. The molecule has 0 aliphatic carbocycles. The van der Waals surface area contributed by atoms with Gasteiger partial charge in [0.25, 0.3) is 0 Å². The first-order valence-electron chi connectivity index (χ1n) is 33.3. The Morgan fingerprint density at radius 1 is 0.673 bits per heavy atom. The van der Waals surface area contributed by atoms with Gasteiger partial charge in [0.05, 0.1) is 17.8 Å². The Bertz CT molecular complexity index is 4140.